The first kappa shape index (κ1) is 22.1. The molecule has 3 aromatic rings. The van der Waals surface area contributed by atoms with Crippen molar-refractivity contribution in [1.29, 1.82) is 5.26 Å². The highest BCUT2D eigenvalue weighted by Crippen LogP contribution is 2.36. The second-order valence-electron chi connectivity index (χ2n) is 7.84. The molecule has 0 bridgehead atoms. The number of nitriles is 1. The van der Waals surface area contributed by atoms with Crippen molar-refractivity contribution in [1.82, 2.24) is 24.5 Å². The van der Waals surface area contributed by atoms with Gasteiger partial charge in [0.1, 0.15) is 0 Å². The largest absolute Gasteiger partial charge is 0.324 e. The highest BCUT2D eigenvalue weighted by Gasteiger charge is 2.27. The zero-order valence-electron chi connectivity index (χ0n) is 17.5. The minimum atomic E-state index is -2.06. The van der Waals surface area contributed by atoms with E-state index in [1.54, 1.807) is 12.4 Å². The number of benzene rings is 1. The van der Waals surface area contributed by atoms with Crippen LogP contribution in [0.1, 0.15) is 43.7 Å². The molecule has 0 amide bonds. The lowest BCUT2D eigenvalue weighted by molar-refractivity contribution is 0.315. The van der Waals surface area contributed by atoms with E-state index >= 15 is 0 Å². The first-order chi connectivity index (χ1) is 15.6. The lowest BCUT2D eigenvalue weighted by Crippen LogP contribution is -2.17. The van der Waals surface area contributed by atoms with E-state index in [4.69, 9.17) is 4.55 Å². The molecule has 0 saturated heterocycles. The molecular weight excluding hydrogens is 426 g/mol. The van der Waals surface area contributed by atoms with Crippen molar-refractivity contribution in [3.63, 3.8) is 0 Å². The molecule has 0 spiro atoms. The predicted octanol–water partition coefficient (Wildman–Crippen LogP) is 3.95. The number of hydrogen-bond acceptors (Lipinski definition) is 6. The van der Waals surface area contributed by atoms with Gasteiger partial charge >= 0.3 is 0 Å². The van der Waals surface area contributed by atoms with Crippen LogP contribution in [0.5, 0.6) is 0 Å². The molecule has 4 rings (SSSR count). The Kier molecular flexibility index (Phi) is 7.21. The second kappa shape index (κ2) is 10.5. The Bertz CT molecular complexity index is 1120. The molecule has 1 saturated carbocycles. The van der Waals surface area contributed by atoms with Gasteiger partial charge in [0.05, 0.1) is 30.4 Å². The zero-order valence-corrected chi connectivity index (χ0v) is 18.3. The van der Waals surface area contributed by atoms with Crippen molar-refractivity contribution in [2.45, 2.75) is 44.7 Å². The average Bonchev–Trinajstić information content (AvgIpc) is 3.49. The summed E-state index contributed by atoms with van der Waals surface area (Å²) in [4.78, 5) is 8.92. The molecule has 3 N–H and O–H groups in total. The van der Waals surface area contributed by atoms with E-state index in [1.807, 2.05) is 41.2 Å². The van der Waals surface area contributed by atoms with Gasteiger partial charge in [0.15, 0.2) is 0 Å². The van der Waals surface area contributed by atoms with Crippen LogP contribution in [0.4, 0.5) is 11.6 Å². The monoisotopic (exact) mass is 451 g/mol. The van der Waals surface area contributed by atoms with Crippen LogP contribution in [0.15, 0.2) is 48.9 Å². The molecule has 32 heavy (non-hydrogen) atoms. The summed E-state index contributed by atoms with van der Waals surface area (Å²) >= 11 is -2.06. The van der Waals surface area contributed by atoms with Crippen molar-refractivity contribution in [2.75, 3.05) is 5.32 Å². The first-order valence-electron chi connectivity index (χ1n) is 10.6. The van der Waals surface area contributed by atoms with Gasteiger partial charge < -0.3 is 5.32 Å². The van der Waals surface area contributed by atoms with Gasteiger partial charge in [-0.2, -0.15) is 10.4 Å². The van der Waals surface area contributed by atoms with Crippen LogP contribution in [0.2, 0.25) is 0 Å². The number of rotatable bonds is 9. The molecule has 2 atom stereocenters. The van der Waals surface area contributed by atoms with Crippen LogP contribution >= 0.6 is 0 Å². The van der Waals surface area contributed by atoms with Gasteiger partial charge in [-0.3, -0.25) is 9.23 Å². The van der Waals surface area contributed by atoms with Crippen molar-refractivity contribution in [3.8, 4) is 17.3 Å². The maximum absolute atomic E-state index is 10.8. The van der Waals surface area contributed by atoms with Gasteiger partial charge in [-0.1, -0.05) is 25.0 Å². The number of nitrogens with one attached hydrogen (secondary N) is 2. The highest BCUT2D eigenvalue weighted by molar-refractivity contribution is 7.77. The molecule has 166 valence electrons. The standard InChI is InChI=1S/C22H25N7O2S/c23-10-8-21(17-5-1-2-6-17)29-15-18(14-25-29)20-9-11-24-22(28-20)27-19-7-3-4-16(12-19)13-26-32(30)31/h3-4,7,9,11-12,14-15,17,21,26H,1-2,5-6,8,13H2,(H,30,31)(H,24,27,28). The second-order valence-corrected chi connectivity index (χ2v) is 8.63. The van der Waals surface area contributed by atoms with Crippen LogP contribution in [0.3, 0.4) is 0 Å². The maximum Gasteiger partial charge on any atom is 0.232 e. The zero-order chi connectivity index (χ0) is 22.3. The normalized spacial score (nSPS) is 15.9. The van der Waals surface area contributed by atoms with Crippen LogP contribution in [0, 0.1) is 17.2 Å². The highest BCUT2D eigenvalue weighted by atomic mass is 32.2. The molecular formula is C22H25N7O2S. The lowest BCUT2D eigenvalue weighted by atomic mass is 9.96. The molecule has 9 nitrogen and oxygen atoms in total. The van der Waals surface area contributed by atoms with E-state index in [-0.39, 0.29) is 12.6 Å². The summed E-state index contributed by atoms with van der Waals surface area (Å²) < 4.78 is 24.1. The van der Waals surface area contributed by atoms with Gasteiger partial charge in [-0.25, -0.2) is 18.9 Å². The molecule has 2 heterocycles. The van der Waals surface area contributed by atoms with Crippen molar-refractivity contribution < 1.29 is 8.76 Å². The lowest BCUT2D eigenvalue weighted by Gasteiger charge is -2.21. The number of aromatic nitrogens is 4. The number of hydrogen-bond donors (Lipinski definition) is 3. The van der Waals surface area contributed by atoms with Crippen molar-refractivity contribution >= 4 is 22.9 Å². The fraction of sp³-hybridized carbons (Fsp3) is 0.364. The van der Waals surface area contributed by atoms with Crippen LogP contribution in [0.25, 0.3) is 11.3 Å². The Labute approximate surface area is 189 Å². The SMILES string of the molecule is N#CCC(C1CCCC1)n1cc(-c2ccnc(Nc3cccc(CNS(=O)O)c3)n2)cn1. The maximum atomic E-state index is 10.8. The van der Waals surface area contributed by atoms with Gasteiger partial charge in [0.2, 0.25) is 17.2 Å². The average molecular weight is 452 g/mol. The molecule has 1 aliphatic carbocycles. The van der Waals surface area contributed by atoms with Gasteiger partial charge in [-0.15, -0.1) is 0 Å². The van der Waals surface area contributed by atoms with E-state index in [9.17, 15) is 9.47 Å². The van der Waals surface area contributed by atoms with E-state index in [0.29, 0.717) is 18.3 Å². The minimum Gasteiger partial charge on any atom is -0.324 e. The smallest absolute Gasteiger partial charge is 0.232 e. The molecule has 0 radical (unpaired) electrons. The van der Waals surface area contributed by atoms with Crippen LogP contribution < -0.4 is 10.0 Å². The summed E-state index contributed by atoms with van der Waals surface area (Å²) in [6, 6.07) is 11.7. The molecule has 1 fully saturated rings. The molecule has 1 aromatic carbocycles. The Morgan fingerprint density at radius 1 is 1.31 bits per heavy atom. The fourth-order valence-corrected chi connectivity index (χ4v) is 4.47. The summed E-state index contributed by atoms with van der Waals surface area (Å²) in [5, 5.41) is 17.0. The van der Waals surface area contributed by atoms with Crippen LogP contribution in [-0.4, -0.2) is 28.5 Å². The van der Waals surface area contributed by atoms with E-state index < -0.39 is 11.3 Å². The number of anilines is 2. The third-order valence-electron chi connectivity index (χ3n) is 5.72. The number of nitrogens with zero attached hydrogens (tertiary/aromatic N) is 5. The summed E-state index contributed by atoms with van der Waals surface area (Å²) in [5.41, 5.74) is 3.24. The van der Waals surface area contributed by atoms with Crippen molar-refractivity contribution in [3.05, 3.63) is 54.5 Å². The Hall–Kier alpha value is -3.13. The Morgan fingerprint density at radius 2 is 2.16 bits per heavy atom. The molecule has 2 unspecified atom stereocenters. The molecule has 1 aliphatic rings. The van der Waals surface area contributed by atoms with E-state index in [0.717, 1.165) is 35.3 Å². The fourth-order valence-electron chi connectivity index (χ4n) is 4.18. The van der Waals surface area contributed by atoms with E-state index in [2.05, 4.69) is 31.2 Å². The summed E-state index contributed by atoms with van der Waals surface area (Å²) in [6.45, 7) is 0.267. The first-order valence-corrected chi connectivity index (χ1v) is 11.7. The molecule has 10 heteroatoms. The van der Waals surface area contributed by atoms with Gasteiger partial charge in [0.25, 0.3) is 0 Å². The predicted molar refractivity (Wildman–Crippen MR) is 122 cm³/mol. The topological polar surface area (TPSA) is 129 Å². The van der Waals surface area contributed by atoms with E-state index in [1.165, 1.54) is 12.8 Å². The summed E-state index contributed by atoms with van der Waals surface area (Å²) in [5.74, 6) is 0.936. The van der Waals surface area contributed by atoms with Crippen molar-refractivity contribution in [2.24, 2.45) is 5.92 Å². The minimum absolute atomic E-state index is 0.0975. The quantitative estimate of drug-likeness (QED) is 0.420. The van der Waals surface area contributed by atoms with Gasteiger partial charge in [-0.05, 0) is 42.5 Å². The molecule has 2 aromatic heterocycles. The molecule has 0 aliphatic heterocycles. The van der Waals surface area contributed by atoms with Gasteiger partial charge in [0, 0.05) is 30.2 Å². The van der Waals surface area contributed by atoms with Crippen LogP contribution in [-0.2, 0) is 17.8 Å². The third kappa shape index (κ3) is 5.56. The summed E-state index contributed by atoms with van der Waals surface area (Å²) in [7, 11) is 0. The Morgan fingerprint density at radius 3 is 2.94 bits per heavy atom. The third-order valence-corrected chi connectivity index (χ3v) is 6.11. The summed E-state index contributed by atoms with van der Waals surface area (Å²) in [6.07, 6.45) is 10.6. The Balaban J connectivity index is 1.49.